The number of hydrogen-bond acceptors (Lipinski definition) is 2. The van der Waals surface area contributed by atoms with Crippen LogP contribution < -0.4 is 5.32 Å². The van der Waals surface area contributed by atoms with Gasteiger partial charge >= 0.3 is 0 Å². The molecule has 0 radical (unpaired) electrons. The van der Waals surface area contributed by atoms with Gasteiger partial charge in [-0.25, -0.2) is 4.39 Å². The monoisotopic (exact) mass is 323 g/mol. The molecule has 0 aliphatic carbocycles. The van der Waals surface area contributed by atoms with Crippen LogP contribution in [0.25, 0.3) is 0 Å². The fraction of sp³-hybridized carbons (Fsp3) is 0.200. The normalized spacial score (nSPS) is 12.2. The van der Waals surface area contributed by atoms with E-state index < -0.39 is 6.10 Å². The molecule has 1 unspecified atom stereocenters. The lowest BCUT2D eigenvalue weighted by Crippen LogP contribution is -2.12. The quantitative estimate of drug-likeness (QED) is 0.889. The maximum absolute atomic E-state index is 12.8. The van der Waals surface area contributed by atoms with Gasteiger partial charge < -0.3 is 10.4 Å². The van der Waals surface area contributed by atoms with Gasteiger partial charge in [0.1, 0.15) is 5.82 Å². The molecule has 0 saturated carbocycles. The van der Waals surface area contributed by atoms with Crippen LogP contribution >= 0.6 is 15.9 Å². The summed E-state index contributed by atoms with van der Waals surface area (Å²) in [5, 5.41) is 13.2. The fourth-order valence-corrected chi connectivity index (χ4v) is 2.46. The van der Waals surface area contributed by atoms with Crippen molar-refractivity contribution in [2.75, 3.05) is 11.9 Å². The van der Waals surface area contributed by atoms with Gasteiger partial charge in [-0.1, -0.05) is 28.1 Å². The van der Waals surface area contributed by atoms with E-state index in [-0.39, 0.29) is 5.82 Å². The van der Waals surface area contributed by atoms with Crippen molar-refractivity contribution in [1.29, 1.82) is 0 Å². The first-order valence-electron chi connectivity index (χ1n) is 5.99. The average molecular weight is 324 g/mol. The molecule has 2 aromatic carbocycles. The third-order valence-electron chi connectivity index (χ3n) is 2.80. The van der Waals surface area contributed by atoms with Crippen molar-refractivity contribution in [3.05, 3.63) is 63.9 Å². The van der Waals surface area contributed by atoms with Crippen LogP contribution in [0.15, 0.2) is 46.9 Å². The lowest BCUT2D eigenvalue weighted by Gasteiger charge is -2.14. The molecule has 0 aliphatic heterocycles. The zero-order valence-corrected chi connectivity index (χ0v) is 12.1. The van der Waals surface area contributed by atoms with Gasteiger partial charge in [-0.05, 0) is 48.4 Å². The Labute approximate surface area is 120 Å². The van der Waals surface area contributed by atoms with Crippen LogP contribution in [-0.4, -0.2) is 11.7 Å². The summed E-state index contributed by atoms with van der Waals surface area (Å²) in [6, 6.07) is 11.8. The van der Waals surface area contributed by atoms with Crippen molar-refractivity contribution >= 4 is 21.6 Å². The summed E-state index contributed by atoms with van der Waals surface area (Å²) < 4.78 is 13.8. The first-order chi connectivity index (χ1) is 9.04. The zero-order chi connectivity index (χ0) is 13.8. The number of rotatable bonds is 4. The second-order valence-electron chi connectivity index (χ2n) is 4.47. The molecule has 0 bridgehead atoms. The van der Waals surface area contributed by atoms with Crippen LogP contribution in [0.5, 0.6) is 0 Å². The number of nitrogens with one attached hydrogen (secondary N) is 1. The third-order valence-corrected chi connectivity index (χ3v) is 3.25. The molecular formula is C15H15BrFNO. The van der Waals surface area contributed by atoms with Crippen LogP contribution in [0, 0.1) is 12.7 Å². The summed E-state index contributed by atoms with van der Waals surface area (Å²) in [5.74, 6) is -0.300. The maximum atomic E-state index is 12.8. The van der Waals surface area contributed by atoms with Gasteiger partial charge in [-0.15, -0.1) is 0 Å². The summed E-state index contributed by atoms with van der Waals surface area (Å²) in [6.45, 7) is 2.38. The van der Waals surface area contributed by atoms with Crippen LogP contribution in [0.3, 0.4) is 0 Å². The van der Waals surface area contributed by atoms with E-state index in [2.05, 4.69) is 21.2 Å². The van der Waals surface area contributed by atoms with Gasteiger partial charge in [0.15, 0.2) is 0 Å². The number of halogens is 2. The van der Waals surface area contributed by atoms with Crippen molar-refractivity contribution in [3.63, 3.8) is 0 Å². The Morgan fingerprint density at radius 1 is 1.21 bits per heavy atom. The molecule has 0 spiro atoms. The highest BCUT2D eigenvalue weighted by molar-refractivity contribution is 9.10. The van der Waals surface area contributed by atoms with Gasteiger partial charge in [0.25, 0.3) is 0 Å². The van der Waals surface area contributed by atoms with E-state index >= 15 is 0 Å². The highest BCUT2D eigenvalue weighted by atomic mass is 79.9. The molecule has 2 aromatic rings. The molecule has 0 saturated heterocycles. The molecule has 100 valence electrons. The Kier molecular flexibility index (Phi) is 4.56. The second kappa shape index (κ2) is 6.17. The highest BCUT2D eigenvalue weighted by Gasteiger charge is 2.07. The molecular weight excluding hydrogens is 309 g/mol. The van der Waals surface area contributed by atoms with Crippen molar-refractivity contribution in [2.45, 2.75) is 13.0 Å². The van der Waals surface area contributed by atoms with Crippen LogP contribution in [-0.2, 0) is 0 Å². The van der Waals surface area contributed by atoms with E-state index in [0.717, 1.165) is 15.7 Å². The topological polar surface area (TPSA) is 32.3 Å². The van der Waals surface area contributed by atoms with Gasteiger partial charge in [-0.2, -0.15) is 0 Å². The Bertz CT molecular complexity index is 536. The minimum atomic E-state index is -0.667. The number of hydrogen-bond donors (Lipinski definition) is 2. The van der Waals surface area contributed by atoms with Crippen LogP contribution in [0.4, 0.5) is 10.1 Å². The summed E-state index contributed by atoms with van der Waals surface area (Å²) in [5.41, 5.74) is 2.77. The molecule has 2 rings (SSSR count). The highest BCUT2D eigenvalue weighted by Crippen LogP contribution is 2.20. The predicted octanol–water partition coefficient (Wildman–Crippen LogP) is 4.04. The lowest BCUT2D eigenvalue weighted by molar-refractivity contribution is 0.191. The van der Waals surface area contributed by atoms with E-state index in [1.807, 2.05) is 25.1 Å². The second-order valence-corrected chi connectivity index (χ2v) is 5.38. The lowest BCUT2D eigenvalue weighted by atomic mass is 10.1. The smallest absolute Gasteiger partial charge is 0.123 e. The molecule has 0 aromatic heterocycles. The summed E-state index contributed by atoms with van der Waals surface area (Å²) >= 11 is 3.43. The Morgan fingerprint density at radius 3 is 2.53 bits per heavy atom. The molecule has 2 nitrogen and oxygen atoms in total. The van der Waals surface area contributed by atoms with Gasteiger partial charge in [0.05, 0.1) is 6.10 Å². The molecule has 4 heteroatoms. The van der Waals surface area contributed by atoms with E-state index in [1.165, 1.54) is 12.1 Å². The molecule has 2 N–H and O–H groups in total. The first-order valence-corrected chi connectivity index (χ1v) is 6.78. The number of aliphatic hydroxyl groups is 1. The maximum Gasteiger partial charge on any atom is 0.123 e. The van der Waals surface area contributed by atoms with Crippen LogP contribution in [0.2, 0.25) is 0 Å². The van der Waals surface area contributed by atoms with Gasteiger partial charge in [-0.3, -0.25) is 0 Å². The number of benzene rings is 2. The number of aliphatic hydroxyl groups excluding tert-OH is 1. The fourth-order valence-electron chi connectivity index (χ4n) is 1.86. The van der Waals surface area contributed by atoms with E-state index in [9.17, 15) is 9.50 Å². The van der Waals surface area contributed by atoms with E-state index in [4.69, 9.17) is 0 Å². The third kappa shape index (κ3) is 4.04. The Morgan fingerprint density at radius 2 is 1.89 bits per heavy atom. The molecule has 0 heterocycles. The minimum absolute atomic E-state index is 0.300. The van der Waals surface area contributed by atoms with E-state index in [0.29, 0.717) is 12.1 Å². The standard InChI is InChI=1S/C15H15BrFNO/c1-10-6-12(16)8-14(7-10)18-9-15(19)11-2-4-13(17)5-3-11/h2-8,15,18-19H,9H2,1H3. The molecule has 1 atom stereocenters. The molecule has 0 amide bonds. The summed E-state index contributed by atoms with van der Waals surface area (Å²) in [7, 11) is 0. The minimum Gasteiger partial charge on any atom is -0.387 e. The van der Waals surface area contributed by atoms with Crippen molar-refractivity contribution in [2.24, 2.45) is 0 Å². The van der Waals surface area contributed by atoms with Gasteiger partial charge in [0.2, 0.25) is 0 Å². The molecule has 0 aliphatic rings. The zero-order valence-electron chi connectivity index (χ0n) is 10.5. The van der Waals surface area contributed by atoms with Crippen LogP contribution in [0.1, 0.15) is 17.2 Å². The van der Waals surface area contributed by atoms with Crippen molar-refractivity contribution in [1.82, 2.24) is 0 Å². The number of anilines is 1. The Hall–Kier alpha value is -1.39. The van der Waals surface area contributed by atoms with Crippen molar-refractivity contribution < 1.29 is 9.50 Å². The molecule has 19 heavy (non-hydrogen) atoms. The van der Waals surface area contributed by atoms with Crippen molar-refractivity contribution in [3.8, 4) is 0 Å². The average Bonchev–Trinajstić information content (AvgIpc) is 2.36. The van der Waals surface area contributed by atoms with E-state index in [1.54, 1.807) is 12.1 Å². The summed E-state index contributed by atoms with van der Waals surface area (Å²) in [6.07, 6.45) is -0.667. The van der Waals surface area contributed by atoms with Gasteiger partial charge in [0, 0.05) is 16.7 Å². The summed E-state index contributed by atoms with van der Waals surface area (Å²) in [4.78, 5) is 0. The number of aryl methyl sites for hydroxylation is 1. The SMILES string of the molecule is Cc1cc(Br)cc(NCC(O)c2ccc(F)cc2)c1. The Balaban J connectivity index is 1.99. The molecule has 0 fully saturated rings. The largest absolute Gasteiger partial charge is 0.387 e. The predicted molar refractivity (Wildman–Crippen MR) is 78.7 cm³/mol. The first kappa shape index (κ1) is 14.0.